The van der Waals surface area contributed by atoms with Crippen LogP contribution in [0, 0.1) is 5.92 Å². The van der Waals surface area contributed by atoms with Crippen molar-refractivity contribution in [3.8, 4) is 0 Å². The van der Waals surface area contributed by atoms with Crippen molar-refractivity contribution in [3.63, 3.8) is 0 Å². The summed E-state index contributed by atoms with van der Waals surface area (Å²) in [5.41, 5.74) is 1.08. The molecule has 0 aromatic carbocycles. The summed E-state index contributed by atoms with van der Waals surface area (Å²) < 4.78 is 1.95. The van der Waals surface area contributed by atoms with Crippen molar-refractivity contribution in [3.05, 3.63) is 18.0 Å². The largest absolute Gasteiger partial charge is 0.347 e. The zero-order chi connectivity index (χ0) is 16.2. The number of aromatic nitrogens is 2. The predicted octanol–water partition coefficient (Wildman–Crippen LogP) is 2.23. The number of nitrogens with zero attached hydrogens (tertiary/aromatic N) is 3. The molecule has 1 heterocycles. The lowest BCUT2D eigenvalue weighted by atomic mass is 10.0. The molecule has 120 valence electrons. The van der Waals surface area contributed by atoms with Crippen LogP contribution in [0.25, 0.3) is 0 Å². The fraction of sp³-hybridized carbons (Fsp3) is 0.750. The second-order valence-electron chi connectivity index (χ2n) is 7.26. The second kappa shape index (κ2) is 7.07. The minimum atomic E-state index is -0.141. The molecule has 0 aliphatic heterocycles. The van der Waals surface area contributed by atoms with Gasteiger partial charge in [0.15, 0.2) is 0 Å². The van der Waals surface area contributed by atoms with Crippen molar-refractivity contribution in [2.45, 2.75) is 59.2 Å². The van der Waals surface area contributed by atoms with Crippen LogP contribution in [0.15, 0.2) is 12.4 Å². The van der Waals surface area contributed by atoms with Crippen molar-refractivity contribution >= 4 is 5.91 Å². The average molecular weight is 294 g/mol. The molecule has 1 rings (SSSR count). The molecular formula is C16H30N4O. The van der Waals surface area contributed by atoms with Gasteiger partial charge in [-0.3, -0.25) is 9.48 Å². The molecule has 0 fully saturated rings. The number of carbonyl (C=O) groups excluding carboxylic acids is 1. The van der Waals surface area contributed by atoms with Gasteiger partial charge in [0.2, 0.25) is 5.91 Å². The Morgan fingerprint density at radius 3 is 2.43 bits per heavy atom. The zero-order valence-corrected chi connectivity index (χ0v) is 14.5. The Hall–Kier alpha value is -1.36. The van der Waals surface area contributed by atoms with E-state index in [4.69, 9.17) is 0 Å². The first-order chi connectivity index (χ1) is 9.61. The summed E-state index contributed by atoms with van der Waals surface area (Å²) in [7, 11) is 3.60. The highest BCUT2D eigenvalue weighted by Gasteiger charge is 2.21. The van der Waals surface area contributed by atoms with Crippen molar-refractivity contribution in [1.82, 2.24) is 20.0 Å². The highest BCUT2D eigenvalue weighted by atomic mass is 16.2. The molecule has 0 spiro atoms. The molecule has 0 saturated carbocycles. The van der Waals surface area contributed by atoms with Gasteiger partial charge < -0.3 is 10.2 Å². The maximum Gasteiger partial charge on any atom is 0.239 e. The molecular weight excluding hydrogens is 264 g/mol. The van der Waals surface area contributed by atoms with Gasteiger partial charge in [0.25, 0.3) is 0 Å². The smallest absolute Gasteiger partial charge is 0.239 e. The number of likely N-dealkylation sites (N-methyl/N-ethyl adjacent to an activating group) is 1. The van der Waals surface area contributed by atoms with E-state index in [-0.39, 0.29) is 17.5 Å². The molecule has 0 radical (unpaired) electrons. The van der Waals surface area contributed by atoms with Gasteiger partial charge in [-0.2, -0.15) is 5.10 Å². The third kappa shape index (κ3) is 5.50. The first-order valence-electron chi connectivity index (χ1n) is 7.60. The molecule has 0 aliphatic rings. The molecule has 0 bridgehead atoms. The van der Waals surface area contributed by atoms with Gasteiger partial charge >= 0.3 is 0 Å². The van der Waals surface area contributed by atoms with Gasteiger partial charge in [-0.15, -0.1) is 0 Å². The molecule has 5 heteroatoms. The number of hydrogen-bond donors (Lipinski definition) is 1. The molecule has 0 aliphatic carbocycles. The Labute approximate surface area is 128 Å². The lowest BCUT2D eigenvalue weighted by molar-refractivity contribution is -0.131. The van der Waals surface area contributed by atoms with Crippen LogP contribution in [0.2, 0.25) is 0 Å². The average Bonchev–Trinajstić information content (AvgIpc) is 2.81. The predicted molar refractivity (Wildman–Crippen MR) is 86.0 cm³/mol. The molecule has 21 heavy (non-hydrogen) atoms. The van der Waals surface area contributed by atoms with Crippen LogP contribution in [0.1, 0.15) is 46.6 Å². The van der Waals surface area contributed by atoms with Crippen LogP contribution in [-0.2, 0) is 16.9 Å². The van der Waals surface area contributed by atoms with Crippen molar-refractivity contribution in [1.29, 1.82) is 0 Å². The standard InChI is InChI=1S/C16H30N4O/c1-12(2)8-14(15(21)19(6)7)17-9-13-10-18-20(11-13)16(3,4)5/h10-12,14,17H,8-9H2,1-7H3. The quantitative estimate of drug-likeness (QED) is 0.875. The van der Waals surface area contributed by atoms with Crippen LogP contribution >= 0.6 is 0 Å². The Morgan fingerprint density at radius 2 is 2.00 bits per heavy atom. The first kappa shape index (κ1) is 17.7. The van der Waals surface area contributed by atoms with E-state index in [1.807, 2.05) is 17.1 Å². The van der Waals surface area contributed by atoms with Gasteiger partial charge in [-0.25, -0.2) is 0 Å². The van der Waals surface area contributed by atoms with Crippen LogP contribution < -0.4 is 5.32 Å². The monoisotopic (exact) mass is 294 g/mol. The topological polar surface area (TPSA) is 50.2 Å². The van der Waals surface area contributed by atoms with Crippen LogP contribution in [0.5, 0.6) is 0 Å². The summed E-state index contributed by atoms with van der Waals surface area (Å²) in [6.07, 6.45) is 4.74. The van der Waals surface area contributed by atoms with Crippen molar-refractivity contribution in [2.24, 2.45) is 5.92 Å². The minimum Gasteiger partial charge on any atom is -0.347 e. The lowest BCUT2D eigenvalue weighted by Crippen LogP contribution is -2.44. The van der Waals surface area contributed by atoms with Crippen molar-refractivity contribution in [2.75, 3.05) is 14.1 Å². The van der Waals surface area contributed by atoms with Gasteiger partial charge in [-0.05, 0) is 33.1 Å². The van der Waals surface area contributed by atoms with Gasteiger partial charge in [0, 0.05) is 32.4 Å². The molecule has 1 amide bonds. The Morgan fingerprint density at radius 1 is 1.38 bits per heavy atom. The molecule has 0 saturated heterocycles. The van der Waals surface area contributed by atoms with Gasteiger partial charge in [0.1, 0.15) is 0 Å². The van der Waals surface area contributed by atoms with E-state index in [0.29, 0.717) is 12.5 Å². The molecule has 1 aromatic heterocycles. The summed E-state index contributed by atoms with van der Waals surface area (Å²) in [6.45, 7) is 11.3. The Balaban J connectivity index is 2.68. The summed E-state index contributed by atoms with van der Waals surface area (Å²) in [6, 6.07) is -0.141. The fourth-order valence-electron chi connectivity index (χ4n) is 2.11. The molecule has 1 aromatic rings. The zero-order valence-electron chi connectivity index (χ0n) is 14.5. The van der Waals surface area contributed by atoms with E-state index in [9.17, 15) is 4.79 Å². The Kier molecular flexibility index (Phi) is 5.96. The number of hydrogen-bond acceptors (Lipinski definition) is 3. The van der Waals surface area contributed by atoms with E-state index >= 15 is 0 Å². The number of carbonyl (C=O) groups is 1. The third-order valence-electron chi connectivity index (χ3n) is 3.32. The van der Waals surface area contributed by atoms with E-state index in [0.717, 1.165) is 12.0 Å². The number of nitrogens with one attached hydrogen (secondary N) is 1. The maximum atomic E-state index is 12.2. The highest BCUT2D eigenvalue weighted by Crippen LogP contribution is 2.14. The third-order valence-corrected chi connectivity index (χ3v) is 3.32. The number of rotatable bonds is 6. The second-order valence-corrected chi connectivity index (χ2v) is 7.26. The SMILES string of the molecule is CC(C)CC(NCc1cnn(C(C)(C)C)c1)C(=O)N(C)C. The van der Waals surface area contributed by atoms with E-state index in [1.54, 1.807) is 19.0 Å². The maximum absolute atomic E-state index is 12.2. The Bertz CT molecular complexity index is 457. The van der Waals surface area contributed by atoms with Crippen LogP contribution in [-0.4, -0.2) is 40.7 Å². The van der Waals surface area contributed by atoms with E-state index < -0.39 is 0 Å². The summed E-state index contributed by atoms with van der Waals surface area (Å²) in [5, 5.41) is 7.76. The molecule has 1 atom stereocenters. The summed E-state index contributed by atoms with van der Waals surface area (Å²) >= 11 is 0. The lowest BCUT2D eigenvalue weighted by Gasteiger charge is -2.23. The van der Waals surface area contributed by atoms with Crippen LogP contribution in [0.3, 0.4) is 0 Å². The van der Waals surface area contributed by atoms with Gasteiger partial charge in [-0.1, -0.05) is 13.8 Å². The minimum absolute atomic E-state index is 0.0188. The first-order valence-corrected chi connectivity index (χ1v) is 7.60. The molecule has 5 nitrogen and oxygen atoms in total. The molecule has 1 N–H and O–H groups in total. The highest BCUT2D eigenvalue weighted by molar-refractivity contribution is 5.81. The fourth-order valence-corrected chi connectivity index (χ4v) is 2.11. The summed E-state index contributed by atoms with van der Waals surface area (Å²) in [4.78, 5) is 13.9. The summed E-state index contributed by atoms with van der Waals surface area (Å²) in [5.74, 6) is 0.607. The normalized spacial score (nSPS) is 13.5. The van der Waals surface area contributed by atoms with E-state index in [1.165, 1.54) is 0 Å². The van der Waals surface area contributed by atoms with Gasteiger partial charge in [0.05, 0.1) is 17.8 Å². The van der Waals surface area contributed by atoms with E-state index in [2.05, 4.69) is 45.0 Å². The van der Waals surface area contributed by atoms with Crippen LogP contribution in [0.4, 0.5) is 0 Å². The molecule has 1 unspecified atom stereocenters. The number of amides is 1. The van der Waals surface area contributed by atoms with Crippen molar-refractivity contribution < 1.29 is 4.79 Å².